The molecule has 0 bridgehead atoms. The molecule has 0 spiro atoms. The molecule has 29 heavy (non-hydrogen) atoms. The van der Waals surface area contributed by atoms with Crippen LogP contribution in [0, 0.1) is 6.92 Å². The van der Waals surface area contributed by atoms with Gasteiger partial charge in [-0.2, -0.15) is 0 Å². The lowest BCUT2D eigenvalue weighted by molar-refractivity contribution is 0.397. The molecule has 3 aromatic rings. The Balaban J connectivity index is 1.97. The van der Waals surface area contributed by atoms with Gasteiger partial charge in [-0.05, 0) is 43.4 Å². The van der Waals surface area contributed by atoms with E-state index < -0.39 is 0 Å². The molecule has 0 aliphatic carbocycles. The van der Waals surface area contributed by atoms with Crippen molar-refractivity contribution in [2.24, 2.45) is 0 Å². The maximum atomic E-state index is 5.88. The SMILES string of the molecule is CCc1cccc(CC)c1-c1ncc(C(C)NCc2ccccc2)c(OC)c1C. The van der Waals surface area contributed by atoms with E-state index in [-0.39, 0.29) is 6.04 Å². The molecular formula is C26H32N2O. The second kappa shape index (κ2) is 9.71. The molecule has 1 N–H and O–H groups in total. The normalized spacial score (nSPS) is 12.0. The fraction of sp³-hybridized carbons (Fsp3) is 0.346. The van der Waals surface area contributed by atoms with Crippen molar-refractivity contribution in [2.45, 2.75) is 53.1 Å². The van der Waals surface area contributed by atoms with Crippen LogP contribution in [0.1, 0.15) is 54.6 Å². The minimum absolute atomic E-state index is 0.137. The van der Waals surface area contributed by atoms with Crippen LogP contribution in [0.25, 0.3) is 11.3 Å². The second-order valence-corrected chi connectivity index (χ2v) is 7.47. The van der Waals surface area contributed by atoms with Crippen molar-refractivity contribution in [3.05, 3.63) is 82.5 Å². The molecule has 1 unspecified atom stereocenters. The van der Waals surface area contributed by atoms with Gasteiger partial charge in [0.1, 0.15) is 5.75 Å². The summed E-state index contributed by atoms with van der Waals surface area (Å²) in [5, 5.41) is 3.60. The van der Waals surface area contributed by atoms with Gasteiger partial charge in [0.05, 0.1) is 12.8 Å². The highest BCUT2D eigenvalue weighted by molar-refractivity contribution is 5.73. The third kappa shape index (κ3) is 4.51. The zero-order valence-electron chi connectivity index (χ0n) is 18.3. The second-order valence-electron chi connectivity index (χ2n) is 7.47. The Kier molecular flexibility index (Phi) is 7.05. The fourth-order valence-electron chi connectivity index (χ4n) is 3.97. The van der Waals surface area contributed by atoms with Gasteiger partial charge in [0, 0.05) is 35.5 Å². The first kappa shape index (κ1) is 21.1. The van der Waals surface area contributed by atoms with Crippen LogP contribution in [0.3, 0.4) is 0 Å². The highest BCUT2D eigenvalue weighted by atomic mass is 16.5. The van der Waals surface area contributed by atoms with Gasteiger partial charge in [-0.15, -0.1) is 0 Å². The molecule has 1 heterocycles. The summed E-state index contributed by atoms with van der Waals surface area (Å²) in [5.41, 5.74) is 8.45. The van der Waals surface area contributed by atoms with Crippen LogP contribution in [-0.4, -0.2) is 12.1 Å². The number of nitrogens with one attached hydrogen (secondary N) is 1. The van der Waals surface area contributed by atoms with Crippen molar-refractivity contribution < 1.29 is 4.74 Å². The van der Waals surface area contributed by atoms with Crippen LogP contribution in [-0.2, 0) is 19.4 Å². The number of methoxy groups -OCH3 is 1. The lowest BCUT2D eigenvalue weighted by Crippen LogP contribution is -2.19. The van der Waals surface area contributed by atoms with E-state index in [1.165, 1.54) is 22.3 Å². The largest absolute Gasteiger partial charge is 0.496 e. The standard InChI is InChI=1S/C26H32N2O/c1-6-21-14-11-15-22(7-2)24(21)25-18(3)26(29-5)23(17-28-25)19(4)27-16-20-12-9-8-10-13-20/h8-15,17,19,27H,6-7,16H2,1-5H3. The van der Waals surface area contributed by atoms with E-state index in [1.807, 2.05) is 12.3 Å². The number of hydrogen-bond acceptors (Lipinski definition) is 3. The number of pyridine rings is 1. The van der Waals surface area contributed by atoms with Crippen LogP contribution in [0.2, 0.25) is 0 Å². The van der Waals surface area contributed by atoms with Crippen molar-refractivity contribution in [1.82, 2.24) is 10.3 Å². The van der Waals surface area contributed by atoms with Crippen LogP contribution >= 0.6 is 0 Å². The molecule has 1 aromatic heterocycles. The first-order valence-electron chi connectivity index (χ1n) is 10.5. The number of aryl methyl sites for hydroxylation is 2. The molecule has 0 saturated heterocycles. The predicted molar refractivity (Wildman–Crippen MR) is 121 cm³/mol. The minimum atomic E-state index is 0.137. The molecular weight excluding hydrogens is 356 g/mol. The van der Waals surface area contributed by atoms with Gasteiger partial charge in [-0.1, -0.05) is 62.4 Å². The topological polar surface area (TPSA) is 34.2 Å². The van der Waals surface area contributed by atoms with Crippen molar-refractivity contribution in [3.8, 4) is 17.0 Å². The monoisotopic (exact) mass is 388 g/mol. The average Bonchev–Trinajstić information content (AvgIpc) is 2.77. The van der Waals surface area contributed by atoms with E-state index in [0.29, 0.717) is 0 Å². The van der Waals surface area contributed by atoms with Crippen molar-refractivity contribution in [2.75, 3.05) is 7.11 Å². The molecule has 3 nitrogen and oxygen atoms in total. The molecule has 0 radical (unpaired) electrons. The summed E-state index contributed by atoms with van der Waals surface area (Å²) >= 11 is 0. The molecule has 3 heteroatoms. The molecule has 3 rings (SSSR count). The van der Waals surface area contributed by atoms with Gasteiger partial charge < -0.3 is 10.1 Å². The summed E-state index contributed by atoms with van der Waals surface area (Å²) in [6.07, 6.45) is 3.96. The van der Waals surface area contributed by atoms with Gasteiger partial charge in [-0.3, -0.25) is 4.98 Å². The summed E-state index contributed by atoms with van der Waals surface area (Å²) in [5.74, 6) is 0.927. The maximum Gasteiger partial charge on any atom is 0.130 e. The highest BCUT2D eigenvalue weighted by Crippen LogP contribution is 2.37. The Labute approximate surface area is 175 Å². The van der Waals surface area contributed by atoms with Gasteiger partial charge in [0.25, 0.3) is 0 Å². The van der Waals surface area contributed by atoms with Gasteiger partial charge >= 0.3 is 0 Å². The molecule has 0 aliphatic heterocycles. The zero-order valence-corrected chi connectivity index (χ0v) is 18.3. The predicted octanol–water partition coefficient (Wildman–Crippen LogP) is 6.04. The van der Waals surface area contributed by atoms with Crippen LogP contribution in [0.5, 0.6) is 5.75 Å². The lowest BCUT2D eigenvalue weighted by Gasteiger charge is -2.22. The number of rotatable bonds is 8. The van der Waals surface area contributed by atoms with E-state index in [4.69, 9.17) is 9.72 Å². The molecule has 0 amide bonds. The number of aromatic nitrogens is 1. The molecule has 2 aromatic carbocycles. The third-order valence-electron chi connectivity index (χ3n) is 5.65. The Bertz CT molecular complexity index is 928. The number of hydrogen-bond donors (Lipinski definition) is 1. The van der Waals surface area contributed by atoms with Gasteiger partial charge in [0.2, 0.25) is 0 Å². The van der Waals surface area contributed by atoms with E-state index in [1.54, 1.807) is 7.11 Å². The van der Waals surface area contributed by atoms with E-state index in [9.17, 15) is 0 Å². The van der Waals surface area contributed by atoms with Gasteiger partial charge in [0.15, 0.2) is 0 Å². The van der Waals surface area contributed by atoms with Crippen molar-refractivity contribution in [1.29, 1.82) is 0 Å². The van der Waals surface area contributed by atoms with Gasteiger partial charge in [-0.25, -0.2) is 0 Å². The summed E-state index contributed by atoms with van der Waals surface area (Å²) in [4.78, 5) is 4.93. The summed E-state index contributed by atoms with van der Waals surface area (Å²) in [6.45, 7) is 9.51. The van der Waals surface area contributed by atoms with Crippen LogP contribution in [0.4, 0.5) is 0 Å². The first-order valence-corrected chi connectivity index (χ1v) is 10.5. The lowest BCUT2D eigenvalue weighted by atomic mass is 9.91. The quantitative estimate of drug-likeness (QED) is 0.511. The summed E-state index contributed by atoms with van der Waals surface area (Å²) < 4.78 is 5.88. The van der Waals surface area contributed by atoms with Crippen LogP contribution < -0.4 is 10.1 Å². The molecule has 0 fully saturated rings. The van der Waals surface area contributed by atoms with Crippen molar-refractivity contribution in [3.63, 3.8) is 0 Å². The summed E-state index contributed by atoms with van der Waals surface area (Å²) in [6, 6.07) is 17.2. The van der Waals surface area contributed by atoms with E-state index in [0.717, 1.165) is 42.0 Å². The fourth-order valence-corrected chi connectivity index (χ4v) is 3.97. The Morgan fingerprint density at radius 1 is 0.966 bits per heavy atom. The third-order valence-corrected chi connectivity index (χ3v) is 5.65. The molecule has 1 atom stereocenters. The molecule has 0 saturated carbocycles. The number of benzene rings is 2. The van der Waals surface area contributed by atoms with E-state index >= 15 is 0 Å². The van der Waals surface area contributed by atoms with Crippen LogP contribution in [0.15, 0.2) is 54.7 Å². The minimum Gasteiger partial charge on any atom is -0.496 e. The van der Waals surface area contributed by atoms with Crippen molar-refractivity contribution >= 4 is 0 Å². The number of nitrogens with zero attached hydrogens (tertiary/aromatic N) is 1. The first-order chi connectivity index (χ1) is 14.1. The Morgan fingerprint density at radius 2 is 1.62 bits per heavy atom. The zero-order chi connectivity index (χ0) is 20.8. The summed E-state index contributed by atoms with van der Waals surface area (Å²) in [7, 11) is 1.76. The molecule has 152 valence electrons. The maximum absolute atomic E-state index is 5.88. The smallest absolute Gasteiger partial charge is 0.130 e. The Hall–Kier alpha value is -2.65. The Morgan fingerprint density at radius 3 is 2.21 bits per heavy atom. The number of ether oxygens (including phenoxy) is 1. The van der Waals surface area contributed by atoms with E-state index in [2.05, 4.69) is 75.5 Å². The average molecular weight is 389 g/mol. The molecule has 0 aliphatic rings. The highest BCUT2D eigenvalue weighted by Gasteiger charge is 2.20.